The monoisotopic (exact) mass is 671 g/mol. The molecule has 0 aliphatic heterocycles. The zero-order valence-corrected chi connectivity index (χ0v) is 29.0. The van der Waals surface area contributed by atoms with Gasteiger partial charge in [-0.1, -0.05) is 112 Å². The predicted octanol–water partition coefficient (Wildman–Crippen LogP) is 12.8. The van der Waals surface area contributed by atoms with Crippen LogP contribution in [0.3, 0.4) is 0 Å². The first-order chi connectivity index (χ1) is 25.4. The molecule has 0 fully saturated rings. The van der Waals surface area contributed by atoms with Gasteiger partial charge in [0, 0.05) is 33.7 Å². The van der Waals surface area contributed by atoms with Gasteiger partial charge in [-0.25, -0.2) is 4.98 Å². The number of nitrogens with zero attached hydrogens (tertiary/aromatic N) is 3. The van der Waals surface area contributed by atoms with Gasteiger partial charge < -0.3 is 8.83 Å². The molecular formula is C47H33N3O2. The molecule has 9 rings (SSSR count). The van der Waals surface area contributed by atoms with Crippen molar-refractivity contribution in [1.29, 1.82) is 5.26 Å². The number of furan rings is 1. The Morgan fingerprint density at radius 2 is 1.38 bits per heavy atom. The highest BCUT2D eigenvalue weighted by molar-refractivity contribution is 6.17. The van der Waals surface area contributed by atoms with Gasteiger partial charge in [-0.3, -0.25) is 4.99 Å². The summed E-state index contributed by atoms with van der Waals surface area (Å²) in [4.78, 5) is 10.2. The lowest BCUT2D eigenvalue weighted by molar-refractivity contribution is 0.584. The van der Waals surface area contributed by atoms with E-state index in [1.165, 1.54) is 5.39 Å². The second-order valence-electron chi connectivity index (χ2n) is 14.1. The summed E-state index contributed by atoms with van der Waals surface area (Å²) in [6.45, 7) is 6.62. The Morgan fingerprint density at radius 1 is 0.654 bits per heavy atom. The van der Waals surface area contributed by atoms with Gasteiger partial charge >= 0.3 is 0 Å². The Hall–Kier alpha value is -6.77. The van der Waals surface area contributed by atoms with Crippen LogP contribution >= 0.6 is 0 Å². The number of para-hydroxylation sites is 2. The number of oxazole rings is 1. The van der Waals surface area contributed by atoms with Crippen LogP contribution in [0.4, 0.5) is 5.69 Å². The maximum Gasteiger partial charge on any atom is 0.229 e. The second kappa shape index (κ2) is 12.2. The quantitative estimate of drug-likeness (QED) is 0.171. The number of aliphatic imine (C=N–C) groups is 1. The molecular weight excluding hydrogens is 639 g/mol. The summed E-state index contributed by atoms with van der Waals surface area (Å²) in [5, 5.41) is 13.8. The highest BCUT2D eigenvalue weighted by Gasteiger charge is 2.24. The Bertz CT molecular complexity index is 2890. The lowest BCUT2D eigenvalue weighted by atomic mass is 9.84. The first-order valence-electron chi connectivity index (χ1n) is 17.4. The van der Waals surface area contributed by atoms with Crippen LogP contribution in [0.2, 0.25) is 0 Å². The molecule has 2 heterocycles. The zero-order chi connectivity index (χ0) is 35.4. The van der Waals surface area contributed by atoms with Crippen LogP contribution in [0.1, 0.15) is 37.5 Å². The molecule has 0 aliphatic carbocycles. The van der Waals surface area contributed by atoms with E-state index in [4.69, 9.17) is 18.8 Å². The van der Waals surface area contributed by atoms with Crippen LogP contribution in [0.15, 0.2) is 153 Å². The first kappa shape index (κ1) is 31.2. The molecule has 5 nitrogen and oxygen atoms in total. The van der Waals surface area contributed by atoms with Crippen LogP contribution in [0.25, 0.3) is 77.5 Å². The average Bonchev–Trinajstić information content (AvgIpc) is 3.79. The number of rotatable bonds is 5. The standard InChI is InChI=1S/C47H33N3O2/c1-47(2,3)33-25-39(36-24-23-35(31-21-19-29(27-48)20-22-31)43-38-16-7-9-18-41(38)51-45(36)43)44-42(26-33)52-46(50-44)37-15-6-8-17-40(37)49-28-32-13-10-12-30-11-4-5-14-34(30)32/h4-26,28H,1-3H3. The molecule has 0 spiro atoms. The van der Waals surface area contributed by atoms with Gasteiger partial charge in [0.05, 0.1) is 22.9 Å². The summed E-state index contributed by atoms with van der Waals surface area (Å²) >= 11 is 0. The van der Waals surface area contributed by atoms with E-state index in [2.05, 4.69) is 93.6 Å². The molecule has 0 atom stereocenters. The van der Waals surface area contributed by atoms with Crippen LogP contribution < -0.4 is 0 Å². The van der Waals surface area contributed by atoms with Crippen molar-refractivity contribution in [3.05, 3.63) is 156 Å². The predicted molar refractivity (Wildman–Crippen MR) is 212 cm³/mol. The van der Waals surface area contributed by atoms with Crippen molar-refractivity contribution in [3.8, 4) is 39.8 Å². The van der Waals surface area contributed by atoms with E-state index < -0.39 is 0 Å². The third-order valence-corrected chi connectivity index (χ3v) is 9.80. The smallest absolute Gasteiger partial charge is 0.229 e. The van der Waals surface area contributed by atoms with Gasteiger partial charge in [0.2, 0.25) is 5.89 Å². The molecule has 0 radical (unpaired) electrons. The van der Waals surface area contributed by atoms with Crippen molar-refractivity contribution in [2.45, 2.75) is 26.2 Å². The summed E-state index contributed by atoms with van der Waals surface area (Å²) in [5.41, 5.74) is 11.2. The number of hydrogen-bond acceptors (Lipinski definition) is 5. The number of aromatic nitrogens is 1. The fourth-order valence-electron chi connectivity index (χ4n) is 7.06. The molecule has 0 bridgehead atoms. The lowest BCUT2D eigenvalue weighted by Crippen LogP contribution is -2.11. The van der Waals surface area contributed by atoms with Gasteiger partial charge in [0.1, 0.15) is 16.7 Å². The summed E-state index contributed by atoms with van der Waals surface area (Å²) < 4.78 is 13.4. The van der Waals surface area contributed by atoms with Crippen molar-refractivity contribution in [1.82, 2.24) is 4.98 Å². The lowest BCUT2D eigenvalue weighted by Gasteiger charge is -2.20. The largest absolute Gasteiger partial charge is 0.455 e. The van der Waals surface area contributed by atoms with Gasteiger partial charge in [0.15, 0.2) is 5.58 Å². The average molecular weight is 672 g/mol. The third kappa shape index (κ3) is 5.33. The minimum atomic E-state index is -0.161. The normalized spacial score (nSPS) is 12.0. The molecule has 0 amide bonds. The molecule has 0 aliphatic rings. The van der Waals surface area contributed by atoms with Crippen LogP contribution in [-0.4, -0.2) is 11.2 Å². The third-order valence-electron chi connectivity index (χ3n) is 9.80. The highest BCUT2D eigenvalue weighted by Crippen LogP contribution is 2.45. The maximum atomic E-state index is 9.42. The molecule has 52 heavy (non-hydrogen) atoms. The molecule has 0 unspecified atom stereocenters. The highest BCUT2D eigenvalue weighted by atomic mass is 16.3. The summed E-state index contributed by atoms with van der Waals surface area (Å²) in [5.74, 6) is 0.503. The van der Waals surface area contributed by atoms with Crippen molar-refractivity contribution >= 4 is 55.7 Å². The molecule has 248 valence electrons. The van der Waals surface area contributed by atoms with E-state index in [9.17, 15) is 5.26 Å². The molecule has 0 saturated carbocycles. The van der Waals surface area contributed by atoms with Crippen molar-refractivity contribution < 1.29 is 8.83 Å². The van der Waals surface area contributed by atoms with E-state index in [1.54, 1.807) is 0 Å². The van der Waals surface area contributed by atoms with Crippen molar-refractivity contribution in [2.75, 3.05) is 0 Å². The molecule has 0 N–H and O–H groups in total. The molecule has 5 heteroatoms. The number of benzene rings is 7. The first-order valence-corrected chi connectivity index (χ1v) is 17.4. The fourth-order valence-corrected chi connectivity index (χ4v) is 7.06. The van der Waals surface area contributed by atoms with Gasteiger partial charge in [-0.15, -0.1) is 0 Å². The van der Waals surface area contributed by atoms with Crippen LogP contribution in [0.5, 0.6) is 0 Å². The minimum absolute atomic E-state index is 0.161. The van der Waals surface area contributed by atoms with Crippen molar-refractivity contribution in [3.63, 3.8) is 0 Å². The van der Waals surface area contributed by atoms with Crippen molar-refractivity contribution in [2.24, 2.45) is 4.99 Å². The number of nitriles is 1. The van der Waals surface area contributed by atoms with E-state index >= 15 is 0 Å². The SMILES string of the molecule is CC(C)(C)c1cc(-c2ccc(-c3ccc(C#N)cc3)c3c2oc2ccccc23)c2nc(-c3ccccc3N=Cc3cccc4ccccc34)oc2c1. The van der Waals surface area contributed by atoms with Gasteiger partial charge in [-0.05, 0) is 81.4 Å². The van der Waals surface area contributed by atoms with Crippen LogP contribution in [-0.2, 0) is 5.41 Å². The van der Waals surface area contributed by atoms with E-state index in [-0.39, 0.29) is 5.41 Å². The fraction of sp³-hybridized carbons (Fsp3) is 0.0851. The molecule has 0 saturated heterocycles. The zero-order valence-electron chi connectivity index (χ0n) is 29.0. The number of hydrogen-bond donors (Lipinski definition) is 0. The van der Waals surface area contributed by atoms with E-state index in [0.717, 1.165) is 77.5 Å². The Labute approximate surface area is 301 Å². The molecule has 2 aromatic heterocycles. The summed E-state index contributed by atoms with van der Waals surface area (Å²) in [6.07, 6.45) is 1.92. The topological polar surface area (TPSA) is 75.3 Å². The second-order valence-corrected chi connectivity index (χ2v) is 14.1. The Morgan fingerprint density at radius 3 is 2.21 bits per heavy atom. The summed E-state index contributed by atoms with van der Waals surface area (Å²) in [7, 11) is 0. The molecule has 7 aromatic carbocycles. The maximum absolute atomic E-state index is 9.42. The van der Waals surface area contributed by atoms with Gasteiger partial charge in [0.25, 0.3) is 0 Å². The Kier molecular flexibility index (Phi) is 7.34. The number of fused-ring (bicyclic) bond motifs is 5. The van der Waals surface area contributed by atoms with E-state index in [1.807, 2.05) is 79.0 Å². The molecule has 9 aromatic rings. The van der Waals surface area contributed by atoms with E-state index in [0.29, 0.717) is 17.0 Å². The van der Waals surface area contributed by atoms with Crippen LogP contribution in [0, 0.1) is 11.3 Å². The summed E-state index contributed by atoms with van der Waals surface area (Å²) in [6, 6.07) is 49.2. The minimum Gasteiger partial charge on any atom is -0.455 e. The Balaban J connectivity index is 1.24. The van der Waals surface area contributed by atoms with Gasteiger partial charge in [-0.2, -0.15) is 5.26 Å².